The van der Waals surface area contributed by atoms with E-state index in [1.165, 1.54) is 0 Å². The van der Waals surface area contributed by atoms with Crippen LogP contribution in [0.5, 0.6) is 11.6 Å². The summed E-state index contributed by atoms with van der Waals surface area (Å²) in [6, 6.07) is 0. The van der Waals surface area contributed by atoms with Crippen molar-refractivity contribution in [2.45, 2.75) is 19.2 Å². The average molecular weight is 293 g/mol. The number of hydrogen-bond acceptors (Lipinski definition) is 3. The Morgan fingerprint density at radius 3 is 2.11 bits per heavy atom. The van der Waals surface area contributed by atoms with E-state index in [4.69, 9.17) is 0 Å². The van der Waals surface area contributed by atoms with Gasteiger partial charge in [-0.3, -0.25) is 0 Å². The lowest BCUT2D eigenvalue weighted by atomic mass is 10.1. The molecule has 108 valence electrons. The van der Waals surface area contributed by atoms with Gasteiger partial charge in [-0.25, -0.2) is 9.37 Å². The van der Waals surface area contributed by atoms with Crippen molar-refractivity contribution in [1.29, 1.82) is 0 Å². The number of rotatable bonds is 3. The summed E-state index contributed by atoms with van der Waals surface area (Å²) in [5, 5.41) is 0. The van der Waals surface area contributed by atoms with Crippen molar-refractivity contribution < 1.29 is 40.2 Å². The lowest BCUT2D eigenvalue weighted by Gasteiger charge is -2.18. The SMILES string of the molecule is COc1ncc(OC(F)(F)F)c(C(F)(F)F)c1CF. The number of methoxy groups -OCH3 is 1. The average Bonchev–Trinajstić information content (AvgIpc) is 2.24. The van der Waals surface area contributed by atoms with E-state index in [0.717, 1.165) is 7.11 Å². The lowest BCUT2D eigenvalue weighted by Crippen LogP contribution is -2.21. The summed E-state index contributed by atoms with van der Waals surface area (Å²) >= 11 is 0. The minimum absolute atomic E-state index is 0.175. The van der Waals surface area contributed by atoms with Crippen molar-refractivity contribution >= 4 is 0 Å². The van der Waals surface area contributed by atoms with E-state index in [-0.39, 0.29) is 6.20 Å². The van der Waals surface area contributed by atoms with Crippen LogP contribution in [-0.2, 0) is 12.9 Å². The third-order valence-electron chi connectivity index (χ3n) is 1.94. The number of aromatic nitrogens is 1. The van der Waals surface area contributed by atoms with Crippen LogP contribution >= 0.6 is 0 Å². The molecule has 19 heavy (non-hydrogen) atoms. The van der Waals surface area contributed by atoms with Crippen LogP contribution in [0, 0.1) is 0 Å². The molecular weight excluding hydrogens is 287 g/mol. The molecule has 1 rings (SSSR count). The maximum absolute atomic E-state index is 12.7. The first-order valence-corrected chi connectivity index (χ1v) is 4.55. The van der Waals surface area contributed by atoms with Crippen LogP contribution in [0.25, 0.3) is 0 Å². The zero-order valence-corrected chi connectivity index (χ0v) is 9.19. The summed E-state index contributed by atoms with van der Waals surface area (Å²) in [4.78, 5) is 3.14. The van der Waals surface area contributed by atoms with Gasteiger partial charge < -0.3 is 9.47 Å². The van der Waals surface area contributed by atoms with Gasteiger partial charge in [-0.1, -0.05) is 0 Å². The lowest BCUT2D eigenvalue weighted by molar-refractivity contribution is -0.276. The second-order valence-corrected chi connectivity index (χ2v) is 3.16. The largest absolute Gasteiger partial charge is 0.573 e. The summed E-state index contributed by atoms with van der Waals surface area (Å²) < 4.78 is 94.2. The number of alkyl halides is 7. The molecule has 0 amide bonds. The Morgan fingerprint density at radius 2 is 1.74 bits per heavy atom. The first-order chi connectivity index (χ1) is 8.60. The highest BCUT2D eigenvalue weighted by molar-refractivity contribution is 5.45. The van der Waals surface area contributed by atoms with E-state index in [1.54, 1.807) is 0 Å². The molecule has 0 aliphatic heterocycles. The molecule has 0 aromatic carbocycles. The van der Waals surface area contributed by atoms with Crippen LogP contribution < -0.4 is 9.47 Å². The first kappa shape index (κ1) is 15.3. The number of hydrogen-bond donors (Lipinski definition) is 0. The Bertz CT molecular complexity index is 455. The summed E-state index contributed by atoms with van der Waals surface area (Å²) in [7, 11) is 0.909. The monoisotopic (exact) mass is 293 g/mol. The van der Waals surface area contributed by atoms with Crippen LogP contribution in [0.3, 0.4) is 0 Å². The molecule has 1 aromatic rings. The molecular formula is C9H6F7NO2. The van der Waals surface area contributed by atoms with Gasteiger partial charge in [-0.05, 0) is 0 Å². The molecule has 0 saturated heterocycles. The summed E-state index contributed by atoms with van der Waals surface area (Å²) in [5.41, 5.74) is -3.06. The summed E-state index contributed by atoms with van der Waals surface area (Å²) in [6.45, 7) is -1.71. The third kappa shape index (κ3) is 3.61. The highest BCUT2D eigenvalue weighted by Gasteiger charge is 2.42. The highest BCUT2D eigenvalue weighted by Crippen LogP contribution is 2.43. The zero-order chi connectivity index (χ0) is 14.8. The molecule has 0 fully saturated rings. The zero-order valence-electron chi connectivity index (χ0n) is 9.19. The Morgan fingerprint density at radius 1 is 1.16 bits per heavy atom. The fourth-order valence-electron chi connectivity index (χ4n) is 1.33. The summed E-state index contributed by atoms with van der Waals surface area (Å²) in [5.74, 6) is -2.39. The normalized spacial score (nSPS) is 12.4. The predicted molar refractivity (Wildman–Crippen MR) is 47.3 cm³/mol. The molecule has 0 atom stereocenters. The van der Waals surface area contributed by atoms with Crippen molar-refractivity contribution in [2.24, 2.45) is 0 Å². The second-order valence-electron chi connectivity index (χ2n) is 3.16. The van der Waals surface area contributed by atoms with E-state index in [1.807, 2.05) is 0 Å². The minimum Gasteiger partial charge on any atom is -0.481 e. The third-order valence-corrected chi connectivity index (χ3v) is 1.94. The Labute approximate surface area is 101 Å². The topological polar surface area (TPSA) is 31.4 Å². The van der Waals surface area contributed by atoms with Crippen molar-refractivity contribution in [1.82, 2.24) is 4.98 Å². The molecule has 3 nitrogen and oxygen atoms in total. The van der Waals surface area contributed by atoms with Crippen LogP contribution in [0.4, 0.5) is 30.7 Å². The van der Waals surface area contributed by atoms with Gasteiger partial charge in [0.05, 0.1) is 18.9 Å². The Balaban J connectivity index is 3.48. The van der Waals surface area contributed by atoms with Gasteiger partial charge in [0.2, 0.25) is 5.88 Å². The molecule has 0 aliphatic carbocycles. The van der Waals surface area contributed by atoms with Crippen LogP contribution in [0.15, 0.2) is 6.20 Å². The molecule has 0 spiro atoms. The van der Waals surface area contributed by atoms with Crippen molar-refractivity contribution in [3.8, 4) is 11.6 Å². The van der Waals surface area contributed by atoms with E-state index in [9.17, 15) is 30.7 Å². The van der Waals surface area contributed by atoms with Gasteiger partial charge in [0.25, 0.3) is 0 Å². The molecule has 1 aromatic heterocycles. The molecule has 1 heterocycles. The van der Waals surface area contributed by atoms with Gasteiger partial charge in [-0.15, -0.1) is 13.2 Å². The van der Waals surface area contributed by atoms with Crippen LogP contribution in [0.1, 0.15) is 11.1 Å². The van der Waals surface area contributed by atoms with E-state index < -0.39 is 42.0 Å². The standard InChI is InChI=1S/C9H6F7NO2/c1-18-7-4(2-10)6(8(11,12)13)5(3-17-7)19-9(14,15)16/h3H,2H2,1H3. The highest BCUT2D eigenvalue weighted by atomic mass is 19.4. The van der Waals surface area contributed by atoms with E-state index in [2.05, 4.69) is 14.5 Å². The molecule has 0 aliphatic rings. The maximum atomic E-state index is 12.7. The number of pyridine rings is 1. The van der Waals surface area contributed by atoms with Gasteiger partial charge >= 0.3 is 12.5 Å². The number of ether oxygens (including phenoxy) is 2. The van der Waals surface area contributed by atoms with Crippen LogP contribution in [-0.4, -0.2) is 18.5 Å². The molecule has 0 bridgehead atoms. The van der Waals surface area contributed by atoms with Crippen LogP contribution in [0.2, 0.25) is 0 Å². The van der Waals surface area contributed by atoms with Crippen molar-refractivity contribution in [3.05, 3.63) is 17.3 Å². The molecule has 10 heteroatoms. The van der Waals surface area contributed by atoms with E-state index in [0.29, 0.717) is 0 Å². The second kappa shape index (κ2) is 5.10. The first-order valence-electron chi connectivity index (χ1n) is 4.55. The molecule has 0 saturated carbocycles. The molecule has 0 N–H and O–H groups in total. The van der Waals surface area contributed by atoms with Gasteiger partial charge in [-0.2, -0.15) is 13.2 Å². The van der Waals surface area contributed by atoms with Gasteiger partial charge in [0.15, 0.2) is 5.75 Å². The van der Waals surface area contributed by atoms with Gasteiger partial charge in [0.1, 0.15) is 12.2 Å². The number of halogens is 7. The molecule has 0 unspecified atom stereocenters. The van der Waals surface area contributed by atoms with Crippen molar-refractivity contribution in [3.63, 3.8) is 0 Å². The minimum atomic E-state index is -5.36. The van der Waals surface area contributed by atoms with Gasteiger partial charge in [0, 0.05) is 0 Å². The number of nitrogens with zero attached hydrogens (tertiary/aromatic N) is 1. The fourth-order valence-corrected chi connectivity index (χ4v) is 1.33. The Kier molecular flexibility index (Phi) is 4.11. The smallest absolute Gasteiger partial charge is 0.481 e. The van der Waals surface area contributed by atoms with E-state index >= 15 is 0 Å². The quantitative estimate of drug-likeness (QED) is 0.800. The fraction of sp³-hybridized carbons (Fsp3) is 0.444. The predicted octanol–water partition coefficient (Wildman–Crippen LogP) is 3.48. The summed E-state index contributed by atoms with van der Waals surface area (Å²) in [6.07, 6.45) is -10.4. The Hall–Kier alpha value is -1.74. The van der Waals surface area contributed by atoms with Crippen molar-refractivity contribution in [2.75, 3.05) is 7.11 Å². The molecule has 0 radical (unpaired) electrons. The maximum Gasteiger partial charge on any atom is 0.573 e.